The maximum atomic E-state index is 12.3. The lowest BCUT2D eigenvalue weighted by Gasteiger charge is -2.31. The molecular weight excluding hydrogens is 296 g/mol. The Hall–Kier alpha value is -0.620. The highest BCUT2D eigenvalue weighted by molar-refractivity contribution is 7.88. The lowest BCUT2D eigenvalue weighted by molar-refractivity contribution is 0.270. The van der Waals surface area contributed by atoms with Gasteiger partial charge >= 0.3 is 0 Å². The van der Waals surface area contributed by atoms with Crippen molar-refractivity contribution in [3.63, 3.8) is 0 Å². The van der Waals surface area contributed by atoms with Gasteiger partial charge in [-0.25, -0.2) is 12.7 Å². The van der Waals surface area contributed by atoms with Crippen LogP contribution in [0.15, 0.2) is 30.3 Å². The van der Waals surface area contributed by atoms with Gasteiger partial charge in [-0.2, -0.15) is 0 Å². The zero-order valence-electron chi connectivity index (χ0n) is 11.8. The van der Waals surface area contributed by atoms with Crippen LogP contribution in [0.1, 0.15) is 18.4 Å². The van der Waals surface area contributed by atoms with Crippen LogP contribution in [0, 0.1) is 5.92 Å². The van der Waals surface area contributed by atoms with Crippen LogP contribution in [0.5, 0.6) is 0 Å². The van der Waals surface area contributed by atoms with Crippen molar-refractivity contribution in [1.82, 2.24) is 9.62 Å². The van der Waals surface area contributed by atoms with Crippen LogP contribution in [0.25, 0.3) is 0 Å². The zero-order valence-corrected chi connectivity index (χ0v) is 13.4. The largest absolute Gasteiger partial charge is 0.319 e. The molecule has 1 heterocycles. The molecule has 1 fully saturated rings. The third-order valence-electron chi connectivity index (χ3n) is 3.65. The summed E-state index contributed by atoms with van der Waals surface area (Å²) in [7, 11) is -1.22. The van der Waals surface area contributed by atoms with E-state index in [-0.39, 0.29) is 18.2 Å². The van der Waals surface area contributed by atoms with Gasteiger partial charge in [0, 0.05) is 13.1 Å². The minimum Gasteiger partial charge on any atom is -0.319 e. The first-order valence-corrected chi connectivity index (χ1v) is 8.39. The van der Waals surface area contributed by atoms with Crippen molar-refractivity contribution < 1.29 is 8.42 Å². The fourth-order valence-electron chi connectivity index (χ4n) is 2.56. The molecule has 0 aliphatic carbocycles. The van der Waals surface area contributed by atoms with Crippen molar-refractivity contribution in [1.29, 1.82) is 0 Å². The van der Waals surface area contributed by atoms with E-state index >= 15 is 0 Å². The van der Waals surface area contributed by atoms with Gasteiger partial charge in [-0.05, 0) is 37.9 Å². The quantitative estimate of drug-likeness (QED) is 0.901. The first kappa shape index (κ1) is 17.4. The summed E-state index contributed by atoms with van der Waals surface area (Å²) in [6, 6.07) is 9.39. The molecule has 0 bridgehead atoms. The SMILES string of the molecule is CNCC1CCN(S(=O)(=O)Cc2ccccc2)CC1.Cl. The second-order valence-electron chi connectivity index (χ2n) is 5.14. The Labute approximate surface area is 128 Å². The number of nitrogens with zero attached hydrogens (tertiary/aromatic N) is 1. The molecule has 1 aliphatic heterocycles. The Morgan fingerprint density at radius 1 is 1.20 bits per heavy atom. The molecule has 0 spiro atoms. The number of piperidine rings is 1. The monoisotopic (exact) mass is 318 g/mol. The number of halogens is 1. The van der Waals surface area contributed by atoms with E-state index in [0.717, 1.165) is 24.9 Å². The zero-order chi connectivity index (χ0) is 13.7. The lowest BCUT2D eigenvalue weighted by Crippen LogP contribution is -2.40. The molecule has 4 nitrogen and oxygen atoms in total. The number of nitrogens with one attached hydrogen (secondary N) is 1. The van der Waals surface area contributed by atoms with Crippen molar-refractivity contribution in [2.24, 2.45) is 5.92 Å². The Kier molecular flexibility index (Phi) is 6.95. The van der Waals surface area contributed by atoms with Crippen molar-refractivity contribution in [2.45, 2.75) is 18.6 Å². The summed E-state index contributed by atoms with van der Waals surface area (Å²) < 4.78 is 26.3. The third kappa shape index (κ3) is 4.74. The maximum Gasteiger partial charge on any atom is 0.218 e. The number of rotatable bonds is 5. The van der Waals surface area contributed by atoms with E-state index in [1.807, 2.05) is 37.4 Å². The summed E-state index contributed by atoms with van der Waals surface area (Å²) in [5.41, 5.74) is 0.861. The van der Waals surface area contributed by atoms with Gasteiger partial charge in [0.15, 0.2) is 0 Å². The van der Waals surface area contributed by atoms with Crippen molar-refractivity contribution in [3.05, 3.63) is 35.9 Å². The predicted octanol–water partition coefficient (Wildman–Crippen LogP) is 1.87. The van der Waals surface area contributed by atoms with Gasteiger partial charge in [-0.3, -0.25) is 0 Å². The van der Waals surface area contributed by atoms with Gasteiger partial charge in [0.1, 0.15) is 0 Å². The Balaban J connectivity index is 0.00000200. The molecule has 1 saturated heterocycles. The van der Waals surface area contributed by atoms with E-state index < -0.39 is 10.0 Å². The molecule has 0 amide bonds. The Bertz CT molecular complexity index is 485. The molecule has 2 rings (SSSR count). The van der Waals surface area contributed by atoms with Crippen LogP contribution >= 0.6 is 12.4 Å². The van der Waals surface area contributed by atoms with Crippen LogP contribution in [-0.4, -0.2) is 39.4 Å². The molecule has 0 saturated carbocycles. The fraction of sp³-hybridized carbons (Fsp3) is 0.571. The second kappa shape index (κ2) is 7.98. The average molecular weight is 319 g/mol. The van der Waals surface area contributed by atoms with E-state index in [1.165, 1.54) is 0 Å². The standard InChI is InChI=1S/C14H22N2O2S.ClH/c1-15-11-13-7-9-16(10-8-13)19(17,18)12-14-5-3-2-4-6-14;/h2-6,13,15H,7-12H2,1H3;1H. The smallest absolute Gasteiger partial charge is 0.218 e. The van der Waals surface area contributed by atoms with E-state index in [1.54, 1.807) is 4.31 Å². The molecule has 1 aromatic carbocycles. The summed E-state index contributed by atoms with van der Waals surface area (Å²) in [6.45, 7) is 2.29. The molecule has 1 aromatic rings. The highest BCUT2D eigenvalue weighted by atomic mass is 35.5. The number of hydrogen-bond acceptors (Lipinski definition) is 3. The molecule has 0 atom stereocenters. The van der Waals surface area contributed by atoms with E-state index in [4.69, 9.17) is 0 Å². The van der Waals surface area contributed by atoms with Crippen molar-refractivity contribution in [2.75, 3.05) is 26.7 Å². The molecule has 1 aliphatic rings. The highest BCUT2D eigenvalue weighted by Gasteiger charge is 2.27. The van der Waals surface area contributed by atoms with Crippen LogP contribution in [0.3, 0.4) is 0 Å². The second-order valence-corrected chi connectivity index (χ2v) is 7.11. The number of benzene rings is 1. The van der Waals surface area contributed by atoms with Gasteiger partial charge in [-0.1, -0.05) is 30.3 Å². The van der Waals surface area contributed by atoms with E-state index in [0.29, 0.717) is 19.0 Å². The first-order chi connectivity index (χ1) is 9.12. The first-order valence-electron chi connectivity index (χ1n) is 6.78. The average Bonchev–Trinajstić information content (AvgIpc) is 2.40. The fourth-order valence-corrected chi connectivity index (χ4v) is 4.12. The van der Waals surface area contributed by atoms with Gasteiger partial charge in [0.25, 0.3) is 0 Å². The minimum absolute atomic E-state index is 0. The number of hydrogen-bond donors (Lipinski definition) is 1. The molecule has 1 N–H and O–H groups in total. The van der Waals surface area contributed by atoms with Crippen LogP contribution in [0.4, 0.5) is 0 Å². The minimum atomic E-state index is -3.16. The van der Waals surface area contributed by atoms with Crippen LogP contribution < -0.4 is 5.32 Å². The maximum absolute atomic E-state index is 12.3. The van der Waals surface area contributed by atoms with E-state index in [2.05, 4.69) is 5.32 Å². The summed E-state index contributed by atoms with van der Waals surface area (Å²) in [6.07, 6.45) is 1.91. The molecule has 0 unspecified atom stereocenters. The van der Waals surface area contributed by atoms with Crippen molar-refractivity contribution >= 4 is 22.4 Å². The van der Waals surface area contributed by atoms with Crippen molar-refractivity contribution in [3.8, 4) is 0 Å². The molecule has 0 aromatic heterocycles. The van der Waals surface area contributed by atoms with Gasteiger partial charge < -0.3 is 5.32 Å². The molecule has 0 radical (unpaired) electrons. The topological polar surface area (TPSA) is 49.4 Å². The summed E-state index contributed by atoms with van der Waals surface area (Å²) in [5, 5.41) is 3.16. The van der Waals surface area contributed by atoms with Gasteiger partial charge in [0.2, 0.25) is 10.0 Å². The third-order valence-corrected chi connectivity index (χ3v) is 5.50. The molecule has 6 heteroatoms. The number of sulfonamides is 1. The van der Waals surface area contributed by atoms with Gasteiger partial charge in [0.05, 0.1) is 5.75 Å². The van der Waals surface area contributed by atoms with Crippen LogP contribution in [-0.2, 0) is 15.8 Å². The van der Waals surface area contributed by atoms with E-state index in [9.17, 15) is 8.42 Å². The summed E-state index contributed by atoms with van der Waals surface area (Å²) >= 11 is 0. The molecule has 114 valence electrons. The Morgan fingerprint density at radius 2 is 1.80 bits per heavy atom. The van der Waals surface area contributed by atoms with Crippen LogP contribution in [0.2, 0.25) is 0 Å². The van der Waals surface area contributed by atoms with Gasteiger partial charge in [-0.15, -0.1) is 12.4 Å². The normalized spacial score (nSPS) is 17.6. The lowest BCUT2D eigenvalue weighted by atomic mass is 9.98. The predicted molar refractivity (Wildman–Crippen MR) is 84.5 cm³/mol. The summed E-state index contributed by atoms with van der Waals surface area (Å²) in [4.78, 5) is 0. The highest BCUT2D eigenvalue weighted by Crippen LogP contribution is 2.21. The molecule has 20 heavy (non-hydrogen) atoms. The molecular formula is C14H23ClN2O2S. The Morgan fingerprint density at radius 3 is 2.35 bits per heavy atom. The summed E-state index contributed by atoms with van der Waals surface area (Å²) in [5.74, 6) is 0.720.